The molecule has 1 aromatic carbocycles. The van der Waals surface area contributed by atoms with Gasteiger partial charge in [-0.3, -0.25) is 4.79 Å². The zero-order valence-corrected chi connectivity index (χ0v) is 9.62. The molecule has 1 aromatic rings. The molecular formula is C13H18N2O. The van der Waals surface area contributed by atoms with Crippen molar-refractivity contribution in [2.45, 2.75) is 25.2 Å². The van der Waals surface area contributed by atoms with Crippen molar-refractivity contribution in [3.63, 3.8) is 0 Å². The summed E-state index contributed by atoms with van der Waals surface area (Å²) in [5.41, 5.74) is 2.59. The first-order valence-electron chi connectivity index (χ1n) is 5.84. The Morgan fingerprint density at radius 3 is 3.12 bits per heavy atom. The predicted octanol–water partition coefficient (Wildman–Crippen LogP) is 2.11. The van der Waals surface area contributed by atoms with E-state index in [0.29, 0.717) is 12.3 Å². The topological polar surface area (TPSA) is 41.1 Å². The lowest BCUT2D eigenvalue weighted by atomic mass is 9.87. The first-order chi connectivity index (χ1) is 7.81. The molecule has 3 heteroatoms. The highest BCUT2D eigenvalue weighted by Crippen LogP contribution is 2.34. The molecule has 86 valence electrons. The van der Waals surface area contributed by atoms with E-state index in [2.05, 4.69) is 28.8 Å². The molecule has 0 aliphatic carbocycles. The van der Waals surface area contributed by atoms with Crippen molar-refractivity contribution in [1.82, 2.24) is 5.32 Å². The van der Waals surface area contributed by atoms with Gasteiger partial charge in [-0.25, -0.2) is 0 Å². The minimum Gasteiger partial charge on any atom is -0.385 e. The van der Waals surface area contributed by atoms with Crippen LogP contribution in [0.1, 0.15) is 30.7 Å². The fourth-order valence-corrected chi connectivity index (χ4v) is 2.28. The van der Waals surface area contributed by atoms with E-state index in [1.807, 2.05) is 6.07 Å². The number of carbonyl (C=O) groups is 1. The largest absolute Gasteiger partial charge is 0.385 e. The van der Waals surface area contributed by atoms with Gasteiger partial charge >= 0.3 is 0 Å². The van der Waals surface area contributed by atoms with Crippen molar-refractivity contribution in [2.24, 2.45) is 0 Å². The van der Waals surface area contributed by atoms with Gasteiger partial charge in [0.2, 0.25) is 5.91 Å². The average Bonchev–Trinajstić information content (AvgIpc) is 2.35. The third-order valence-corrected chi connectivity index (χ3v) is 3.21. The van der Waals surface area contributed by atoms with E-state index >= 15 is 0 Å². The Labute approximate surface area is 96.2 Å². The Bertz CT molecular complexity index is 376. The van der Waals surface area contributed by atoms with E-state index in [4.69, 9.17) is 0 Å². The highest BCUT2D eigenvalue weighted by molar-refractivity contribution is 5.75. The summed E-state index contributed by atoms with van der Waals surface area (Å²) in [7, 11) is 1.69. The number of benzene rings is 1. The number of amides is 1. The molecule has 1 aliphatic rings. The number of para-hydroxylation sites is 1. The fraction of sp³-hybridized carbons (Fsp3) is 0.462. The van der Waals surface area contributed by atoms with Gasteiger partial charge in [0.05, 0.1) is 0 Å². The maximum atomic E-state index is 11.2. The van der Waals surface area contributed by atoms with Crippen molar-refractivity contribution in [2.75, 3.05) is 18.9 Å². The van der Waals surface area contributed by atoms with Crippen molar-refractivity contribution in [3.05, 3.63) is 29.8 Å². The quantitative estimate of drug-likeness (QED) is 0.816. The first kappa shape index (κ1) is 11.0. The standard InChI is InChI=1S/C13H18N2O/c1-14-13(16)7-6-10-8-9-15-12-5-3-2-4-11(10)12/h2-5,10,15H,6-9H2,1H3,(H,14,16)/t10-/m0/s1. The predicted molar refractivity (Wildman–Crippen MR) is 65.6 cm³/mol. The Morgan fingerprint density at radius 2 is 2.31 bits per heavy atom. The van der Waals surface area contributed by atoms with Crippen molar-refractivity contribution < 1.29 is 4.79 Å². The van der Waals surface area contributed by atoms with E-state index < -0.39 is 0 Å². The van der Waals surface area contributed by atoms with Crippen molar-refractivity contribution >= 4 is 11.6 Å². The number of anilines is 1. The highest BCUT2D eigenvalue weighted by Gasteiger charge is 2.19. The average molecular weight is 218 g/mol. The molecule has 0 saturated carbocycles. The van der Waals surface area contributed by atoms with Crippen LogP contribution in [-0.2, 0) is 4.79 Å². The summed E-state index contributed by atoms with van der Waals surface area (Å²) in [4.78, 5) is 11.2. The van der Waals surface area contributed by atoms with Crippen molar-refractivity contribution in [1.29, 1.82) is 0 Å². The number of carbonyl (C=O) groups excluding carboxylic acids is 1. The molecule has 1 atom stereocenters. The summed E-state index contributed by atoms with van der Waals surface area (Å²) >= 11 is 0. The molecule has 0 bridgehead atoms. The smallest absolute Gasteiger partial charge is 0.219 e. The molecule has 0 fully saturated rings. The zero-order valence-electron chi connectivity index (χ0n) is 9.62. The van der Waals surface area contributed by atoms with Crippen LogP contribution in [0, 0.1) is 0 Å². The first-order valence-corrected chi connectivity index (χ1v) is 5.84. The minimum absolute atomic E-state index is 0.135. The van der Waals surface area contributed by atoms with Crippen LogP contribution in [0.2, 0.25) is 0 Å². The van der Waals surface area contributed by atoms with Crippen LogP contribution in [0.25, 0.3) is 0 Å². The van der Waals surface area contributed by atoms with E-state index in [0.717, 1.165) is 19.4 Å². The Morgan fingerprint density at radius 1 is 1.50 bits per heavy atom. The number of fused-ring (bicyclic) bond motifs is 1. The maximum Gasteiger partial charge on any atom is 0.219 e. The maximum absolute atomic E-state index is 11.2. The molecule has 0 spiro atoms. The summed E-state index contributed by atoms with van der Waals surface area (Å²) in [6.07, 6.45) is 2.68. The van der Waals surface area contributed by atoms with Gasteiger partial charge in [0.15, 0.2) is 0 Å². The lowest BCUT2D eigenvalue weighted by Gasteiger charge is -2.26. The molecule has 2 N–H and O–H groups in total. The summed E-state index contributed by atoms with van der Waals surface area (Å²) in [6, 6.07) is 8.39. The molecule has 2 rings (SSSR count). The SMILES string of the molecule is CNC(=O)CC[C@H]1CCNc2ccccc21. The molecular weight excluding hydrogens is 200 g/mol. The zero-order chi connectivity index (χ0) is 11.4. The summed E-state index contributed by atoms with van der Waals surface area (Å²) in [5, 5.41) is 6.07. The van der Waals surface area contributed by atoms with E-state index in [1.165, 1.54) is 11.3 Å². The number of hydrogen-bond acceptors (Lipinski definition) is 2. The van der Waals surface area contributed by atoms with Crippen molar-refractivity contribution in [3.8, 4) is 0 Å². The summed E-state index contributed by atoms with van der Waals surface area (Å²) in [5.74, 6) is 0.658. The molecule has 0 saturated heterocycles. The molecule has 0 unspecified atom stereocenters. The van der Waals surface area contributed by atoms with Crippen LogP contribution in [0.4, 0.5) is 5.69 Å². The van der Waals surface area contributed by atoms with E-state index in [-0.39, 0.29) is 5.91 Å². The van der Waals surface area contributed by atoms with Crippen LogP contribution < -0.4 is 10.6 Å². The monoisotopic (exact) mass is 218 g/mol. The highest BCUT2D eigenvalue weighted by atomic mass is 16.1. The second-order valence-corrected chi connectivity index (χ2v) is 4.21. The Balaban J connectivity index is 2.04. The van der Waals surface area contributed by atoms with Gasteiger partial charge in [-0.2, -0.15) is 0 Å². The lowest BCUT2D eigenvalue weighted by molar-refractivity contribution is -0.120. The Hall–Kier alpha value is -1.51. The summed E-state index contributed by atoms with van der Waals surface area (Å²) in [6.45, 7) is 1.01. The number of rotatable bonds is 3. The third-order valence-electron chi connectivity index (χ3n) is 3.21. The van der Waals surface area contributed by atoms with Crippen LogP contribution in [-0.4, -0.2) is 19.5 Å². The molecule has 16 heavy (non-hydrogen) atoms. The molecule has 1 amide bonds. The van der Waals surface area contributed by atoms with Gasteiger partial charge in [0.1, 0.15) is 0 Å². The second-order valence-electron chi connectivity index (χ2n) is 4.21. The van der Waals surface area contributed by atoms with Gasteiger partial charge in [0, 0.05) is 25.7 Å². The lowest BCUT2D eigenvalue weighted by Crippen LogP contribution is -2.21. The molecule has 0 radical (unpaired) electrons. The molecule has 0 aromatic heterocycles. The van der Waals surface area contributed by atoms with E-state index in [1.54, 1.807) is 7.05 Å². The van der Waals surface area contributed by atoms with Crippen LogP contribution in [0.3, 0.4) is 0 Å². The minimum atomic E-state index is 0.135. The van der Waals surface area contributed by atoms with Gasteiger partial charge in [-0.05, 0) is 30.4 Å². The van der Waals surface area contributed by atoms with Gasteiger partial charge in [-0.15, -0.1) is 0 Å². The second kappa shape index (κ2) is 5.01. The normalized spacial score (nSPS) is 18.4. The Kier molecular flexibility index (Phi) is 3.44. The fourth-order valence-electron chi connectivity index (χ4n) is 2.28. The van der Waals surface area contributed by atoms with Crippen LogP contribution in [0.5, 0.6) is 0 Å². The van der Waals surface area contributed by atoms with Gasteiger partial charge in [-0.1, -0.05) is 18.2 Å². The van der Waals surface area contributed by atoms with Crippen LogP contribution in [0.15, 0.2) is 24.3 Å². The molecule has 1 heterocycles. The number of nitrogens with one attached hydrogen (secondary N) is 2. The summed E-state index contributed by atoms with van der Waals surface area (Å²) < 4.78 is 0. The van der Waals surface area contributed by atoms with Gasteiger partial charge in [0.25, 0.3) is 0 Å². The number of hydrogen-bond donors (Lipinski definition) is 2. The van der Waals surface area contributed by atoms with Crippen LogP contribution >= 0.6 is 0 Å². The van der Waals surface area contributed by atoms with E-state index in [9.17, 15) is 4.79 Å². The van der Waals surface area contributed by atoms with Gasteiger partial charge < -0.3 is 10.6 Å². The third kappa shape index (κ3) is 2.35. The molecule has 1 aliphatic heterocycles. The molecule has 3 nitrogen and oxygen atoms in total.